The third-order valence-electron chi connectivity index (χ3n) is 6.98. The highest BCUT2D eigenvalue weighted by molar-refractivity contribution is 6.01. The first kappa shape index (κ1) is 27.8. The predicted molar refractivity (Wildman–Crippen MR) is 140 cm³/mol. The molecule has 2 unspecified atom stereocenters. The maximum atomic E-state index is 14.5. The summed E-state index contributed by atoms with van der Waals surface area (Å²) in [5, 5.41) is 0. The lowest BCUT2D eigenvalue weighted by Crippen LogP contribution is -2.23. The number of ketones is 1. The summed E-state index contributed by atoms with van der Waals surface area (Å²) in [6.07, 6.45) is 5.81. The molecule has 3 aromatic rings. The molecule has 0 saturated carbocycles. The number of nitrogens with two attached hydrogens (primary N) is 1. The first-order valence-corrected chi connectivity index (χ1v) is 12.6. The zero-order valence-corrected chi connectivity index (χ0v) is 21.8. The molecule has 1 aliphatic carbocycles. The van der Waals surface area contributed by atoms with Crippen LogP contribution in [0.2, 0.25) is 0 Å². The van der Waals surface area contributed by atoms with E-state index in [2.05, 4.69) is 15.0 Å². The summed E-state index contributed by atoms with van der Waals surface area (Å²) in [7, 11) is 0. The maximum absolute atomic E-state index is 14.5. The van der Waals surface area contributed by atoms with Crippen molar-refractivity contribution in [2.75, 3.05) is 0 Å². The van der Waals surface area contributed by atoms with Gasteiger partial charge in [0.05, 0.1) is 5.69 Å². The van der Waals surface area contributed by atoms with E-state index in [1.165, 1.54) is 43.5 Å². The van der Waals surface area contributed by atoms with Crippen LogP contribution < -0.4 is 10.5 Å². The van der Waals surface area contributed by atoms with Crippen molar-refractivity contribution in [2.45, 2.75) is 46.0 Å². The van der Waals surface area contributed by atoms with Crippen molar-refractivity contribution in [3.05, 3.63) is 89.1 Å². The molecule has 0 spiro atoms. The first-order valence-electron chi connectivity index (χ1n) is 12.6. The van der Waals surface area contributed by atoms with E-state index in [1.807, 2.05) is 13.0 Å². The van der Waals surface area contributed by atoms with E-state index in [-0.39, 0.29) is 28.8 Å². The molecule has 3 N–H and O–H groups in total. The number of primary amides is 1. The van der Waals surface area contributed by atoms with Gasteiger partial charge in [0, 0.05) is 36.6 Å². The number of nitrogens with one attached hydrogen (secondary N) is 1. The van der Waals surface area contributed by atoms with Gasteiger partial charge in [-0.05, 0) is 48.7 Å². The van der Waals surface area contributed by atoms with Crippen LogP contribution in [-0.4, -0.2) is 26.6 Å². The average molecular weight is 539 g/mol. The van der Waals surface area contributed by atoms with E-state index >= 15 is 0 Å². The Kier molecular flexibility index (Phi) is 8.03. The highest BCUT2D eigenvalue weighted by Gasteiger charge is 2.36. The monoisotopic (exact) mass is 538 g/mol. The number of Topliss-reactive ketones (excluding diaryl/α,β-unsaturated/α-hetero) is 1. The van der Waals surface area contributed by atoms with Crippen LogP contribution in [0, 0.1) is 17.7 Å². The zero-order chi connectivity index (χ0) is 28.3. The SMILES string of the molecule is CCC(F)(F)c1nc(-c2ccc(F)cc2)c(C(=O)C(C)C(C)C2=CC=C(Oc3ccnc(C(N)=O)c3)CC2)[nH]1. The van der Waals surface area contributed by atoms with Gasteiger partial charge in [-0.15, -0.1) is 0 Å². The van der Waals surface area contributed by atoms with Crippen molar-refractivity contribution >= 4 is 11.7 Å². The number of rotatable bonds is 10. The number of allylic oxidation sites excluding steroid dienone is 4. The van der Waals surface area contributed by atoms with E-state index in [9.17, 15) is 22.8 Å². The van der Waals surface area contributed by atoms with E-state index in [0.717, 1.165) is 5.57 Å². The van der Waals surface area contributed by atoms with Gasteiger partial charge in [0.25, 0.3) is 5.91 Å². The summed E-state index contributed by atoms with van der Waals surface area (Å²) in [5.74, 6) is -5.01. The lowest BCUT2D eigenvalue weighted by atomic mass is 9.81. The van der Waals surface area contributed by atoms with E-state index in [1.54, 1.807) is 19.1 Å². The molecule has 0 bridgehead atoms. The number of pyridine rings is 1. The number of hydrogen-bond acceptors (Lipinski definition) is 5. The predicted octanol–water partition coefficient (Wildman–Crippen LogP) is 6.35. The molecule has 10 heteroatoms. The van der Waals surface area contributed by atoms with Crippen LogP contribution in [0.5, 0.6) is 5.75 Å². The number of nitrogens with zero attached hydrogens (tertiary/aromatic N) is 2. The maximum Gasteiger partial charge on any atom is 0.304 e. The molecular formula is C29H29F3N4O3. The standard InChI is InChI=1S/C29H29F3N4O3/c1-4-29(31,32)28-35-24(19-5-9-20(30)10-6-19)25(36-28)26(37)17(3)16(2)18-7-11-21(12-8-18)39-22-13-14-34-23(15-22)27(33)38/h5-7,9-11,13-17H,4,8,12H2,1-3H3,(H2,33,38)(H,35,36). The normalized spacial score (nSPS) is 15.2. The minimum Gasteiger partial charge on any atom is -0.462 e. The zero-order valence-electron chi connectivity index (χ0n) is 21.8. The Morgan fingerprint density at radius 1 is 1.13 bits per heavy atom. The molecule has 0 radical (unpaired) electrons. The summed E-state index contributed by atoms with van der Waals surface area (Å²) in [4.78, 5) is 35.5. The molecule has 2 aromatic heterocycles. The summed E-state index contributed by atoms with van der Waals surface area (Å²) in [6, 6.07) is 8.30. The van der Waals surface area contributed by atoms with Crippen molar-refractivity contribution < 1.29 is 27.5 Å². The lowest BCUT2D eigenvalue weighted by molar-refractivity contribution is -0.0167. The quantitative estimate of drug-likeness (QED) is 0.292. The van der Waals surface area contributed by atoms with Crippen LogP contribution in [0.3, 0.4) is 0 Å². The van der Waals surface area contributed by atoms with Gasteiger partial charge in [-0.25, -0.2) is 9.37 Å². The minimum absolute atomic E-state index is 0.0250. The smallest absolute Gasteiger partial charge is 0.304 e. The molecule has 1 aromatic carbocycles. The van der Waals surface area contributed by atoms with Crippen LogP contribution in [-0.2, 0) is 5.92 Å². The van der Waals surface area contributed by atoms with Gasteiger partial charge in [0.1, 0.15) is 28.7 Å². The molecule has 39 heavy (non-hydrogen) atoms. The van der Waals surface area contributed by atoms with Gasteiger partial charge in [0.15, 0.2) is 11.6 Å². The van der Waals surface area contributed by atoms with Crippen molar-refractivity contribution in [2.24, 2.45) is 17.6 Å². The molecule has 4 rings (SSSR count). The molecule has 2 heterocycles. The molecule has 1 amide bonds. The van der Waals surface area contributed by atoms with Gasteiger partial charge >= 0.3 is 5.92 Å². The second-order valence-corrected chi connectivity index (χ2v) is 9.53. The number of H-pyrrole nitrogens is 1. The number of imidazole rings is 1. The molecule has 0 saturated heterocycles. The van der Waals surface area contributed by atoms with Crippen LogP contribution in [0.25, 0.3) is 11.3 Å². The average Bonchev–Trinajstić information content (AvgIpc) is 3.39. The van der Waals surface area contributed by atoms with Gasteiger partial charge < -0.3 is 15.5 Å². The Hall–Kier alpha value is -4.21. The number of benzene rings is 1. The van der Waals surface area contributed by atoms with Crippen molar-refractivity contribution in [1.82, 2.24) is 15.0 Å². The fraction of sp³-hybridized carbons (Fsp3) is 0.310. The van der Waals surface area contributed by atoms with Gasteiger partial charge in [-0.1, -0.05) is 32.4 Å². The molecular weight excluding hydrogens is 509 g/mol. The van der Waals surface area contributed by atoms with Gasteiger partial charge in [0.2, 0.25) is 0 Å². The summed E-state index contributed by atoms with van der Waals surface area (Å²) in [5.41, 5.74) is 6.78. The van der Waals surface area contributed by atoms with Crippen molar-refractivity contribution in [1.29, 1.82) is 0 Å². The highest BCUT2D eigenvalue weighted by atomic mass is 19.3. The first-order chi connectivity index (χ1) is 18.5. The number of ether oxygens (including phenoxy) is 1. The summed E-state index contributed by atoms with van der Waals surface area (Å²) < 4.78 is 48.4. The summed E-state index contributed by atoms with van der Waals surface area (Å²) in [6.45, 7) is 4.99. The number of carbonyl (C=O) groups excluding carboxylic acids is 2. The van der Waals surface area contributed by atoms with E-state index in [0.29, 0.717) is 29.9 Å². The minimum atomic E-state index is -3.25. The molecule has 7 nitrogen and oxygen atoms in total. The Morgan fingerprint density at radius 3 is 2.46 bits per heavy atom. The molecule has 0 aliphatic heterocycles. The van der Waals surface area contributed by atoms with Crippen LogP contribution in [0.1, 0.15) is 66.8 Å². The number of carbonyl (C=O) groups is 2. The van der Waals surface area contributed by atoms with Crippen molar-refractivity contribution in [3.63, 3.8) is 0 Å². The number of hydrogen-bond donors (Lipinski definition) is 2. The molecule has 0 fully saturated rings. The van der Waals surface area contributed by atoms with Gasteiger partial charge in [-0.3, -0.25) is 14.6 Å². The second-order valence-electron chi connectivity index (χ2n) is 9.53. The topological polar surface area (TPSA) is 111 Å². The molecule has 2 atom stereocenters. The Labute approximate surface area is 224 Å². The fourth-order valence-electron chi connectivity index (χ4n) is 4.34. The van der Waals surface area contributed by atoms with Crippen LogP contribution >= 0.6 is 0 Å². The third kappa shape index (κ3) is 6.10. The number of halogens is 3. The van der Waals surface area contributed by atoms with E-state index in [4.69, 9.17) is 10.5 Å². The third-order valence-corrected chi connectivity index (χ3v) is 6.98. The Balaban J connectivity index is 1.56. The van der Waals surface area contributed by atoms with Crippen LogP contribution in [0.4, 0.5) is 13.2 Å². The lowest BCUT2D eigenvalue weighted by Gasteiger charge is -2.24. The fourth-order valence-corrected chi connectivity index (χ4v) is 4.34. The van der Waals surface area contributed by atoms with Gasteiger partial charge in [-0.2, -0.15) is 8.78 Å². The van der Waals surface area contributed by atoms with Crippen molar-refractivity contribution in [3.8, 4) is 17.0 Å². The summed E-state index contributed by atoms with van der Waals surface area (Å²) >= 11 is 0. The molecule has 204 valence electrons. The number of alkyl halides is 2. The number of amides is 1. The Morgan fingerprint density at radius 2 is 1.85 bits per heavy atom. The second kappa shape index (κ2) is 11.3. The Bertz CT molecular complexity index is 1440. The number of aromatic nitrogens is 3. The number of aromatic amines is 1. The molecule has 1 aliphatic rings. The van der Waals surface area contributed by atoms with Crippen LogP contribution in [0.15, 0.2) is 66.1 Å². The highest BCUT2D eigenvalue weighted by Crippen LogP contribution is 2.36. The van der Waals surface area contributed by atoms with E-state index < -0.39 is 35.8 Å². The largest absolute Gasteiger partial charge is 0.462 e.